The number of nitrogens with one attached hydrogen (secondary N) is 1. The number of nitrogens with zero attached hydrogens (tertiary/aromatic N) is 1. The Bertz CT molecular complexity index is 870. The van der Waals surface area contributed by atoms with Gasteiger partial charge in [0.05, 0.1) is 12.5 Å². The van der Waals surface area contributed by atoms with Crippen LogP contribution >= 0.6 is 0 Å². The van der Waals surface area contributed by atoms with Gasteiger partial charge in [-0.1, -0.05) is 48.5 Å². The van der Waals surface area contributed by atoms with Crippen molar-refractivity contribution in [2.45, 2.75) is 25.4 Å². The molecule has 0 saturated heterocycles. The maximum absolute atomic E-state index is 11.4. The maximum Gasteiger partial charge on any atom is 0.305 e. The van der Waals surface area contributed by atoms with E-state index in [4.69, 9.17) is 0 Å². The molecule has 1 aliphatic heterocycles. The van der Waals surface area contributed by atoms with Crippen molar-refractivity contribution in [2.24, 2.45) is 0 Å². The predicted octanol–water partition coefficient (Wildman–Crippen LogP) is 3.74. The van der Waals surface area contributed by atoms with Crippen molar-refractivity contribution in [1.82, 2.24) is 9.88 Å². The van der Waals surface area contributed by atoms with Crippen molar-refractivity contribution in [2.75, 3.05) is 6.54 Å². The van der Waals surface area contributed by atoms with E-state index in [-0.39, 0.29) is 12.5 Å². The van der Waals surface area contributed by atoms with Crippen LogP contribution in [0.2, 0.25) is 0 Å². The van der Waals surface area contributed by atoms with E-state index >= 15 is 0 Å². The first-order chi connectivity index (χ1) is 11.7. The maximum atomic E-state index is 11.4. The standard InChI is InChI=1S/C20H20N2O2/c23-19(24)12-18-20-16(15-8-4-5-9-17(15)21-20)10-11-22(18)13-14-6-2-1-3-7-14/h1-9,18,21H,10-13H2,(H,23,24). The van der Waals surface area contributed by atoms with Crippen LogP contribution < -0.4 is 0 Å². The van der Waals surface area contributed by atoms with Crippen molar-refractivity contribution in [3.8, 4) is 0 Å². The van der Waals surface area contributed by atoms with Gasteiger partial charge in [0.15, 0.2) is 0 Å². The van der Waals surface area contributed by atoms with Gasteiger partial charge in [-0.25, -0.2) is 0 Å². The van der Waals surface area contributed by atoms with Crippen LogP contribution in [0.4, 0.5) is 0 Å². The highest BCUT2D eigenvalue weighted by atomic mass is 16.4. The Kier molecular flexibility index (Phi) is 3.82. The zero-order valence-electron chi connectivity index (χ0n) is 13.4. The molecule has 4 rings (SSSR count). The van der Waals surface area contributed by atoms with Crippen LogP contribution in [0.15, 0.2) is 54.6 Å². The topological polar surface area (TPSA) is 56.3 Å². The molecule has 3 aromatic rings. The number of aliphatic carboxylic acids is 1. The number of aromatic nitrogens is 1. The molecule has 2 aromatic carbocycles. The van der Waals surface area contributed by atoms with Crippen LogP contribution in [0, 0.1) is 0 Å². The second kappa shape index (κ2) is 6.13. The normalized spacial score (nSPS) is 17.8. The third kappa shape index (κ3) is 2.69. The van der Waals surface area contributed by atoms with Gasteiger partial charge < -0.3 is 10.1 Å². The van der Waals surface area contributed by atoms with Gasteiger partial charge in [-0.05, 0) is 23.6 Å². The first-order valence-corrected chi connectivity index (χ1v) is 8.31. The molecule has 24 heavy (non-hydrogen) atoms. The van der Waals surface area contributed by atoms with Gasteiger partial charge in [-0.3, -0.25) is 9.69 Å². The van der Waals surface area contributed by atoms with Crippen LogP contribution in [-0.4, -0.2) is 27.5 Å². The van der Waals surface area contributed by atoms with E-state index in [1.165, 1.54) is 16.5 Å². The lowest BCUT2D eigenvalue weighted by molar-refractivity contribution is -0.138. The third-order valence-electron chi connectivity index (χ3n) is 4.87. The number of benzene rings is 2. The number of carboxylic acids is 1. The number of aromatic amines is 1. The second-order valence-electron chi connectivity index (χ2n) is 6.38. The van der Waals surface area contributed by atoms with E-state index in [1.54, 1.807) is 0 Å². The number of carboxylic acid groups (broad SMARTS) is 1. The largest absolute Gasteiger partial charge is 0.481 e. The van der Waals surface area contributed by atoms with E-state index in [2.05, 4.69) is 34.1 Å². The summed E-state index contributed by atoms with van der Waals surface area (Å²) in [6.45, 7) is 1.65. The monoisotopic (exact) mass is 320 g/mol. The van der Waals surface area contributed by atoms with Crippen LogP contribution in [0.3, 0.4) is 0 Å². The number of fused-ring (bicyclic) bond motifs is 3. The number of carbonyl (C=O) groups is 1. The fourth-order valence-corrected chi connectivity index (χ4v) is 3.77. The van der Waals surface area contributed by atoms with Gasteiger partial charge in [0.2, 0.25) is 0 Å². The van der Waals surface area contributed by atoms with E-state index in [0.29, 0.717) is 0 Å². The molecule has 4 nitrogen and oxygen atoms in total. The molecule has 4 heteroatoms. The first-order valence-electron chi connectivity index (χ1n) is 8.31. The summed E-state index contributed by atoms with van der Waals surface area (Å²) in [6.07, 6.45) is 1.06. The van der Waals surface area contributed by atoms with Crippen LogP contribution in [0.5, 0.6) is 0 Å². The average Bonchev–Trinajstić information content (AvgIpc) is 2.97. The predicted molar refractivity (Wildman–Crippen MR) is 93.8 cm³/mol. The van der Waals surface area contributed by atoms with Crippen molar-refractivity contribution in [3.05, 3.63) is 71.4 Å². The van der Waals surface area contributed by atoms with Gasteiger partial charge in [0, 0.05) is 29.7 Å². The average molecular weight is 320 g/mol. The molecular formula is C20H20N2O2. The lowest BCUT2D eigenvalue weighted by Gasteiger charge is -2.35. The van der Waals surface area contributed by atoms with Crippen LogP contribution in [-0.2, 0) is 17.8 Å². The summed E-state index contributed by atoms with van der Waals surface area (Å²) in [5.41, 5.74) is 4.66. The Hall–Kier alpha value is -2.59. The van der Waals surface area contributed by atoms with Gasteiger partial charge in [-0.2, -0.15) is 0 Å². The number of rotatable bonds is 4. The first kappa shape index (κ1) is 15.0. The molecule has 1 aliphatic rings. The van der Waals surface area contributed by atoms with Gasteiger partial charge in [-0.15, -0.1) is 0 Å². The van der Waals surface area contributed by atoms with Crippen LogP contribution in [0.25, 0.3) is 10.9 Å². The van der Waals surface area contributed by atoms with Crippen LogP contribution in [0.1, 0.15) is 29.3 Å². The van der Waals surface area contributed by atoms with E-state index in [0.717, 1.165) is 30.7 Å². The number of para-hydroxylation sites is 1. The molecule has 0 bridgehead atoms. The molecule has 1 unspecified atom stereocenters. The van der Waals surface area contributed by atoms with Crippen molar-refractivity contribution in [3.63, 3.8) is 0 Å². The Balaban J connectivity index is 1.72. The molecule has 2 N–H and O–H groups in total. The molecule has 0 radical (unpaired) electrons. The number of H-pyrrole nitrogens is 1. The highest BCUT2D eigenvalue weighted by Crippen LogP contribution is 2.36. The molecule has 1 aromatic heterocycles. The molecule has 1 atom stereocenters. The third-order valence-corrected chi connectivity index (χ3v) is 4.87. The minimum atomic E-state index is -0.760. The molecule has 0 saturated carbocycles. The molecule has 122 valence electrons. The Morgan fingerprint density at radius 1 is 1.12 bits per heavy atom. The summed E-state index contributed by atoms with van der Waals surface area (Å²) in [5.74, 6) is -0.760. The summed E-state index contributed by atoms with van der Waals surface area (Å²) in [4.78, 5) is 17.2. The second-order valence-corrected chi connectivity index (χ2v) is 6.38. The summed E-state index contributed by atoms with van der Waals surface area (Å²) < 4.78 is 0. The summed E-state index contributed by atoms with van der Waals surface area (Å²) in [7, 11) is 0. The molecular weight excluding hydrogens is 300 g/mol. The zero-order valence-corrected chi connectivity index (χ0v) is 13.4. The Labute approximate surface area is 140 Å². The minimum Gasteiger partial charge on any atom is -0.481 e. The Morgan fingerprint density at radius 2 is 1.88 bits per heavy atom. The fourth-order valence-electron chi connectivity index (χ4n) is 3.77. The molecule has 0 aliphatic carbocycles. The van der Waals surface area contributed by atoms with E-state index in [9.17, 15) is 9.90 Å². The quantitative estimate of drug-likeness (QED) is 0.770. The fraction of sp³-hybridized carbons (Fsp3) is 0.250. The summed E-state index contributed by atoms with van der Waals surface area (Å²) >= 11 is 0. The van der Waals surface area contributed by atoms with Crippen molar-refractivity contribution >= 4 is 16.9 Å². The van der Waals surface area contributed by atoms with Gasteiger partial charge in [0.25, 0.3) is 0 Å². The van der Waals surface area contributed by atoms with Gasteiger partial charge in [0.1, 0.15) is 0 Å². The molecule has 0 amide bonds. The molecule has 0 fully saturated rings. The lowest BCUT2D eigenvalue weighted by atomic mass is 9.94. The SMILES string of the molecule is O=C(O)CC1c2[nH]c3ccccc3c2CCN1Cc1ccccc1. The van der Waals surface area contributed by atoms with Crippen molar-refractivity contribution in [1.29, 1.82) is 0 Å². The highest BCUT2D eigenvalue weighted by molar-refractivity contribution is 5.85. The lowest BCUT2D eigenvalue weighted by Crippen LogP contribution is -2.36. The zero-order chi connectivity index (χ0) is 16.5. The molecule has 2 heterocycles. The minimum absolute atomic E-state index is 0.112. The van der Waals surface area contributed by atoms with Crippen molar-refractivity contribution < 1.29 is 9.90 Å². The smallest absolute Gasteiger partial charge is 0.305 e. The van der Waals surface area contributed by atoms with Gasteiger partial charge >= 0.3 is 5.97 Å². The summed E-state index contributed by atoms with van der Waals surface area (Å²) in [5, 5.41) is 10.6. The van der Waals surface area contributed by atoms with E-state index < -0.39 is 5.97 Å². The highest BCUT2D eigenvalue weighted by Gasteiger charge is 2.31. The molecule has 0 spiro atoms. The Morgan fingerprint density at radius 3 is 2.67 bits per heavy atom. The number of hydrogen-bond donors (Lipinski definition) is 2. The summed E-state index contributed by atoms with van der Waals surface area (Å²) in [6, 6.07) is 18.4. The van der Waals surface area contributed by atoms with E-state index in [1.807, 2.05) is 30.3 Å². The number of hydrogen-bond acceptors (Lipinski definition) is 2.